The summed E-state index contributed by atoms with van der Waals surface area (Å²) in [4.78, 5) is 13.2. The third kappa shape index (κ3) is 3.61. The van der Waals surface area contributed by atoms with Crippen LogP contribution in [0.3, 0.4) is 0 Å². The van der Waals surface area contributed by atoms with Gasteiger partial charge < -0.3 is 15.4 Å². The summed E-state index contributed by atoms with van der Waals surface area (Å²) in [5.41, 5.74) is 6.40. The maximum Gasteiger partial charge on any atom is 0.239 e. The third-order valence-electron chi connectivity index (χ3n) is 2.42. The van der Waals surface area contributed by atoms with Crippen LogP contribution >= 0.6 is 11.6 Å². The number of halogens is 1. The number of methoxy groups -OCH3 is 1. The standard InChI is InChI=1S/C12H17ClN2O2/c1-8(14)12(16)15(2)7-9-6-10(13)4-5-11(9)17-3/h4-6,8H,7,14H2,1-3H3. The highest BCUT2D eigenvalue weighted by Gasteiger charge is 2.15. The summed E-state index contributed by atoms with van der Waals surface area (Å²) in [6.45, 7) is 2.08. The predicted octanol–water partition coefficient (Wildman–Crippen LogP) is 1.65. The van der Waals surface area contributed by atoms with E-state index in [0.29, 0.717) is 17.3 Å². The summed E-state index contributed by atoms with van der Waals surface area (Å²) in [7, 11) is 3.28. The number of rotatable bonds is 4. The van der Waals surface area contributed by atoms with E-state index in [1.807, 2.05) is 0 Å². The zero-order valence-corrected chi connectivity index (χ0v) is 11.0. The van der Waals surface area contributed by atoms with E-state index >= 15 is 0 Å². The van der Waals surface area contributed by atoms with Gasteiger partial charge in [0, 0.05) is 24.2 Å². The molecule has 0 saturated heterocycles. The quantitative estimate of drug-likeness (QED) is 0.891. The smallest absolute Gasteiger partial charge is 0.239 e. The number of ether oxygens (including phenoxy) is 1. The minimum Gasteiger partial charge on any atom is -0.496 e. The minimum atomic E-state index is -0.509. The second-order valence-corrected chi connectivity index (χ2v) is 4.38. The van der Waals surface area contributed by atoms with E-state index in [1.165, 1.54) is 0 Å². The molecule has 0 fully saturated rings. The summed E-state index contributed by atoms with van der Waals surface area (Å²) >= 11 is 5.92. The molecule has 94 valence electrons. The summed E-state index contributed by atoms with van der Waals surface area (Å²) in [5, 5.41) is 0.613. The summed E-state index contributed by atoms with van der Waals surface area (Å²) in [6, 6.07) is 4.80. The lowest BCUT2D eigenvalue weighted by atomic mass is 10.2. The second kappa shape index (κ2) is 5.89. The van der Waals surface area contributed by atoms with Crippen molar-refractivity contribution >= 4 is 17.5 Å². The highest BCUT2D eigenvalue weighted by atomic mass is 35.5. The van der Waals surface area contributed by atoms with Gasteiger partial charge >= 0.3 is 0 Å². The number of amides is 1. The van der Waals surface area contributed by atoms with Crippen LogP contribution < -0.4 is 10.5 Å². The van der Waals surface area contributed by atoms with E-state index in [4.69, 9.17) is 22.1 Å². The molecule has 0 heterocycles. The zero-order valence-electron chi connectivity index (χ0n) is 10.2. The van der Waals surface area contributed by atoms with E-state index in [1.54, 1.807) is 44.2 Å². The molecule has 2 N–H and O–H groups in total. The number of nitrogens with two attached hydrogens (primary N) is 1. The van der Waals surface area contributed by atoms with Crippen molar-refractivity contribution in [3.63, 3.8) is 0 Å². The van der Waals surface area contributed by atoms with E-state index in [-0.39, 0.29) is 5.91 Å². The first-order valence-electron chi connectivity index (χ1n) is 5.28. The molecule has 0 radical (unpaired) electrons. The first-order chi connectivity index (χ1) is 7.95. The van der Waals surface area contributed by atoms with Gasteiger partial charge in [0.25, 0.3) is 0 Å². The molecule has 17 heavy (non-hydrogen) atoms. The Morgan fingerprint density at radius 3 is 2.76 bits per heavy atom. The Bertz CT molecular complexity index is 407. The first kappa shape index (κ1) is 13.8. The molecule has 0 spiro atoms. The second-order valence-electron chi connectivity index (χ2n) is 3.94. The minimum absolute atomic E-state index is 0.118. The van der Waals surface area contributed by atoms with Gasteiger partial charge in [-0.2, -0.15) is 0 Å². The summed E-state index contributed by atoms with van der Waals surface area (Å²) in [6.07, 6.45) is 0. The Kier molecular flexibility index (Phi) is 4.78. The lowest BCUT2D eigenvalue weighted by Crippen LogP contribution is -2.39. The zero-order chi connectivity index (χ0) is 13.0. The van der Waals surface area contributed by atoms with Crippen LogP contribution in [-0.2, 0) is 11.3 Å². The molecular weight excluding hydrogens is 240 g/mol. The lowest BCUT2D eigenvalue weighted by Gasteiger charge is -2.20. The number of carbonyl (C=O) groups excluding carboxylic acids is 1. The molecule has 0 saturated carbocycles. The fourth-order valence-corrected chi connectivity index (χ4v) is 1.75. The van der Waals surface area contributed by atoms with Crippen LogP contribution in [0.1, 0.15) is 12.5 Å². The fraction of sp³-hybridized carbons (Fsp3) is 0.417. The lowest BCUT2D eigenvalue weighted by molar-refractivity contribution is -0.131. The largest absolute Gasteiger partial charge is 0.496 e. The number of hydrogen-bond donors (Lipinski definition) is 1. The first-order valence-corrected chi connectivity index (χ1v) is 5.66. The molecule has 1 aromatic rings. The maximum atomic E-state index is 11.7. The van der Waals surface area contributed by atoms with Crippen LogP contribution in [-0.4, -0.2) is 31.0 Å². The van der Waals surface area contributed by atoms with Gasteiger partial charge in [0.2, 0.25) is 5.91 Å². The highest BCUT2D eigenvalue weighted by molar-refractivity contribution is 6.30. The molecule has 1 rings (SSSR count). The van der Waals surface area contributed by atoms with Crippen LogP contribution in [0.5, 0.6) is 5.75 Å². The maximum absolute atomic E-state index is 11.7. The van der Waals surface area contributed by atoms with Gasteiger partial charge in [-0.25, -0.2) is 0 Å². The Hall–Kier alpha value is -1.26. The molecule has 1 amide bonds. The van der Waals surface area contributed by atoms with E-state index < -0.39 is 6.04 Å². The predicted molar refractivity (Wildman–Crippen MR) is 68.1 cm³/mol. The summed E-state index contributed by atoms with van der Waals surface area (Å²) < 4.78 is 5.21. The average Bonchev–Trinajstić information content (AvgIpc) is 2.28. The van der Waals surface area contributed by atoms with Crippen molar-refractivity contribution in [3.05, 3.63) is 28.8 Å². The molecule has 0 aliphatic heterocycles. The van der Waals surface area contributed by atoms with Crippen LogP contribution in [0, 0.1) is 0 Å². The van der Waals surface area contributed by atoms with E-state index in [0.717, 1.165) is 5.56 Å². The molecule has 4 nitrogen and oxygen atoms in total. The van der Waals surface area contributed by atoms with Gasteiger partial charge in [0.1, 0.15) is 5.75 Å². The summed E-state index contributed by atoms with van der Waals surface area (Å²) in [5.74, 6) is 0.589. The molecule has 1 unspecified atom stereocenters. The molecule has 5 heteroatoms. The Balaban J connectivity index is 2.87. The molecule has 0 aromatic heterocycles. The molecule has 0 bridgehead atoms. The van der Waals surface area contributed by atoms with Crippen LogP contribution in [0.25, 0.3) is 0 Å². The monoisotopic (exact) mass is 256 g/mol. The Morgan fingerprint density at radius 2 is 2.24 bits per heavy atom. The van der Waals surface area contributed by atoms with Crippen molar-refractivity contribution in [1.29, 1.82) is 0 Å². The third-order valence-corrected chi connectivity index (χ3v) is 2.65. The van der Waals surface area contributed by atoms with Crippen LogP contribution in [0.2, 0.25) is 5.02 Å². The van der Waals surface area contributed by atoms with Crippen molar-refractivity contribution in [1.82, 2.24) is 4.90 Å². The topological polar surface area (TPSA) is 55.6 Å². The Morgan fingerprint density at radius 1 is 1.59 bits per heavy atom. The van der Waals surface area contributed by atoms with Gasteiger partial charge in [0.15, 0.2) is 0 Å². The van der Waals surface area contributed by atoms with Crippen molar-refractivity contribution in [2.45, 2.75) is 19.5 Å². The van der Waals surface area contributed by atoms with Gasteiger partial charge in [-0.05, 0) is 25.1 Å². The molecular formula is C12H17ClN2O2. The number of benzene rings is 1. The van der Waals surface area contributed by atoms with Gasteiger partial charge in [-0.15, -0.1) is 0 Å². The van der Waals surface area contributed by atoms with Crippen molar-refractivity contribution in [2.75, 3.05) is 14.2 Å². The van der Waals surface area contributed by atoms with Crippen LogP contribution in [0.4, 0.5) is 0 Å². The Labute approximate surface area is 106 Å². The van der Waals surface area contributed by atoms with E-state index in [2.05, 4.69) is 0 Å². The molecule has 0 aliphatic rings. The highest BCUT2D eigenvalue weighted by Crippen LogP contribution is 2.23. The van der Waals surface area contributed by atoms with Gasteiger partial charge in [0.05, 0.1) is 13.2 Å². The van der Waals surface area contributed by atoms with E-state index in [9.17, 15) is 4.79 Å². The molecule has 1 atom stereocenters. The normalized spacial score (nSPS) is 12.1. The average molecular weight is 257 g/mol. The SMILES string of the molecule is COc1ccc(Cl)cc1CN(C)C(=O)C(C)N. The fourth-order valence-electron chi connectivity index (χ4n) is 1.55. The van der Waals surface area contributed by atoms with Crippen LogP contribution in [0.15, 0.2) is 18.2 Å². The van der Waals surface area contributed by atoms with Crippen molar-refractivity contribution < 1.29 is 9.53 Å². The number of carbonyl (C=O) groups is 1. The number of hydrogen-bond acceptors (Lipinski definition) is 3. The molecule has 0 aliphatic carbocycles. The number of nitrogens with zero attached hydrogens (tertiary/aromatic N) is 1. The van der Waals surface area contributed by atoms with Gasteiger partial charge in [-0.1, -0.05) is 11.6 Å². The van der Waals surface area contributed by atoms with Crippen molar-refractivity contribution in [2.24, 2.45) is 5.73 Å². The molecule has 1 aromatic carbocycles. The number of likely N-dealkylation sites (N-methyl/N-ethyl adjacent to an activating group) is 1. The van der Waals surface area contributed by atoms with Gasteiger partial charge in [-0.3, -0.25) is 4.79 Å². The van der Waals surface area contributed by atoms with Crippen molar-refractivity contribution in [3.8, 4) is 5.75 Å².